The molecule has 0 unspecified atom stereocenters. The Morgan fingerprint density at radius 1 is 0.952 bits per heavy atom. The molecule has 0 aliphatic carbocycles. The molecule has 0 nitrogen and oxygen atoms in total. The number of hydrogen-bond donors (Lipinski definition) is 0. The molecular formula is C16H13BrCl2F2. The maximum absolute atomic E-state index is 13.9. The van der Waals surface area contributed by atoms with Gasteiger partial charge in [0.05, 0.1) is 0 Å². The predicted octanol–water partition coefficient (Wildman–Crippen LogP) is 5.69. The van der Waals surface area contributed by atoms with Crippen LogP contribution in [0, 0.1) is 11.6 Å². The Bertz CT molecular complexity index is 610. The van der Waals surface area contributed by atoms with E-state index >= 15 is 0 Å². The minimum atomic E-state index is -0.595. The first-order valence-corrected chi connectivity index (χ1v) is 8.19. The van der Waals surface area contributed by atoms with Gasteiger partial charge in [0.25, 0.3) is 0 Å². The predicted molar refractivity (Wildman–Crippen MR) is 87.3 cm³/mol. The quantitative estimate of drug-likeness (QED) is 0.572. The third kappa shape index (κ3) is 3.77. The summed E-state index contributed by atoms with van der Waals surface area (Å²) in [4.78, 5) is 0. The van der Waals surface area contributed by atoms with Crippen LogP contribution in [0.1, 0.15) is 11.1 Å². The Kier molecular flexibility index (Phi) is 5.64. The van der Waals surface area contributed by atoms with Crippen LogP contribution in [-0.2, 0) is 11.8 Å². The third-order valence-corrected chi connectivity index (χ3v) is 5.06. The largest absolute Gasteiger partial charge is 0.207 e. The Morgan fingerprint density at radius 2 is 1.57 bits per heavy atom. The second-order valence-corrected chi connectivity index (χ2v) is 6.42. The highest BCUT2D eigenvalue weighted by molar-refractivity contribution is 9.10. The molecule has 0 N–H and O–H groups in total. The van der Waals surface area contributed by atoms with Gasteiger partial charge in [0.2, 0.25) is 0 Å². The molecule has 0 spiro atoms. The summed E-state index contributed by atoms with van der Waals surface area (Å²) in [6.07, 6.45) is 0.313. The van der Waals surface area contributed by atoms with Crippen molar-refractivity contribution in [2.24, 2.45) is 0 Å². The average molecular weight is 394 g/mol. The van der Waals surface area contributed by atoms with E-state index < -0.39 is 17.0 Å². The molecule has 112 valence electrons. The molecule has 0 radical (unpaired) electrons. The molecule has 2 aromatic carbocycles. The highest BCUT2D eigenvalue weighted by Gasteiger charge is 2.32. The molecule has 2 rings (SSSR count). The fraction of sp³-hybridized carbons (Fsp3) is 0.250. The lowest BCUT2D eigenvalue weighted by Crippen LogP contribution is -2.33. The van der Waals surface area contributed by atoms with Gasteiger partial charge in [-0.25, -0.2) is 8.78 Å². The van der Waals surface area contributed by atoms with Crippen LogP contribution in [0.5, 0.6) is 0 Å². The van der Waals surface area contributed by atoms with Gasteiger partial charge < -0.3 is 0 Å². The first-order valence-electron chi connectivity index (χ1n) is 6.33. The van der Waals surface area contributed by atoms with Crippen molar-refractivity contribution in [3.8, 4) is 0 Å². The van der Waals surface area contributed by atoms with E-state index in [-0.39, 0.29) is 11.8 Å². The molecule has 0 heterocycles. The zero-order chi connectivity index (χ0) is 15.5. The second kappa shape index (κ2) is 7.08. The lowest BCUT2D eigenvalue weighted by molar-refractivity contribution is 0.506. The fourth-order valence-corrected chi connectivity index (χ4v) is 3.27. The van der Waals surface area contributed by atoms with Gasteiger partial charge in [0.1, 0.15) is 11.6 Å². The third-order valence-electron chi connectivity index (χ3n) is 3.51. The van der Waals surface area contributed by atoms with E-state index in [1.807, 2.05) is 24.3 Å². The molecule has 0 aliphatic rings. The molecule has 2 aromatic rings. The summed E-state index contributed by atoms with van der Waals surface area (Å²) in [6.45, 7) is 0. The van der Waals surface area contributed by atoms with Crippen molar-refractivity contribution in [1.29, 1.82) is 0 Å². The van der Waals surface area contributed by atoms with Crippen LogP contribution in [0.2, 0.25) is 0 Å². The molecule has 21 heavy (non-hydrogen) atoms. The lowest BCUT2D eigenvalue weighted by atomic mass is 9.78. The Hall–Kier alpha value is -0.640. The summed E-state index contributed by atoms with van der Waals surface area (Å²) in [5, 5.41) is 0. The molecule has 0 amide bonds. The van der Waals surface area contributed by atoms with Crippen LogP contribution in [0.25, 0.3) is 0 Å². The van der Waals surface area contributed by atoms with Crippen molar-refractivity contribution in [3.05, 3.63) is 69.7 Å². The first-order chi connectivity index (χ1) is 10.0. The zero-order valence-corrected chi connectivity index (χ0v) is 14.2. The van der Waals surface area contributed by atoms with Crippen molar-refractivity contribution < 1.29 is 8.78 Å². The number of halogens is 5. The summed E-state index contributed by atoms with van der Waals surface area (Å²) in [6, 6.07) is 11.2. The highest BCUT2D eigenvalue weighted by atomic mass is 79.9. The van der Waals surface area contributed by atoms with E-state index in [1.165, 1.54) is 12.1 Å². The van der Waals surface area contributed by atoms with E-state index in [0.717, 1.165) is 16.1 Å². The molecule has 0 aliphatic heterocycles. The number of benzene rings is 2. The molecule has 0 saturated carbocycles. The molecule has 0 saturated heterocycles. The van der Waals surface area contributed by atoms with Crippen LogP contribution < -0.4 is 0 Å². The van der Waals surface area contributed by atoms with Crippen LogP contribution in [-0.4, -0.2) is 11.8 Å². The topological polar surface area (TPSA) is 0 Å². The summed E-state index contributed by atoms with van der Waals surface area (Å²) in [5.41, 5.74) is 0.739. The van der Waals surface area contributed by atoms with Crippen LogP contribution >= 0.6 is 39.1 Å². The number of alkyl halides is 2. The summed E-state index contributed by atoms with van der Waals surface area (Å²) < 4.78 is 27.9. The standard InChI is InChI=1S/C16H13BrCl2F2/c17-13-4-2-12(3-5-13)16(9-18,10-19)8-11-1-6-14(20)7-15(11)21/h1-7H,8-10H2. The van der Waals surface area contributed by atoms with Gasteiger partial charge in [-0.1, -0.05) is 34.1 Å². The van der Waals surface area contributed by atoms with E-state index in [9.17, 15) is 8.78 Å². The average Bonchev–Trinajstić information content (AvgIpc) is 2.48. The normalized spacial score (nSPS) is 11.7. The summed E-state index contributed by atoms with van der Waals surface area (Å²) >= 11 is 15.7. The minimum absolute atomic E-state index is 0.245. The Labute approximate surface area is 141 Å². The monoisotopic (exact) mass is 392 g/mol. The fourth-order valence-electron chi connectivity index (χ4n) is 2.22. The Morgan fingerprint density at radius 3 is 2.10 bits per heavy atom. The van der Waals surface area contributed by atoms with Gasteiger partial charge in [-0.2, -0.15) is 0 Å². The van der Waals surface area contributed by atoms with Crippen molar-refractivity contribution >= 4 is 39.1 Å². The molecule has 0 fully saturated rings. The number of hydrogen-bond acceptors (Lipinski definition) is 0. The smallest absolute Gasteiger partial charge is 0.129 e. The van der Waals surface area contributed by atoms with E-state index in [0.29, 0.717) is 12.0 Å². The van der Waals surface area contributed by atoms with Gasteiger partial charge in [0, 0.05) is 27.7 Å². The molecule has 5 heteroatoms. The lowest BCUT2D eigenvalue weighted by Gasteiger charge is -2.30. The van der Waals surface area contributed by atoms with Gasteiger partial charge in [-0.15, -0.1) is 23.2 Å². The van der Waals surface area contributed by atoms with Crippen molar-refractivity contribution in [3.63, 3.8) is 0 Å². The molecule has 0 bridgehead atoms. The van der Waals surface area contributed by atoms with Gasteiger partial charge in [-0.05, 0) is 35.7 Å². The van der Waals surface area contributed by atoms with E-state index in [1.54, 1.807) is 0 Å². The molecule has 0 atom stereocenters. The second-order valence-electron chi connectivity index (χ2n) is 4.97. The number of rotatable bonds is 5. The SMILES string of the molecule is Fc1ccc(CC(CCl)(CCl)c2ccc(Br)cc2)c(F)c1. The minimum Gasteiger partial charge on any atom is -0.207 e. The maximum Gasteiger partial charge on any atom is 0.129 e. The van der Waals surface area contributed by atoms with Crippen LogP contribution in [0.3, 0.4) is 0 Å². The maximum atomic E-state index is 13.9. The molecule has 0 aromatic heterocycles. The Balaban J connectivity index is 2.40. The van der Waals surface area contributed by atoms with Gasteiger partial charge in [0.15, 0.2) is 0 Å². The van der Waals surface area contributed by atoms with Gasteiger partial charge in [-0.3, -0.25) is 0 Å². The zero-order valence-electron chi connectivity index (χ0n) is 11.1. The van der Waals surface area contributed by atoms with Crippen molar-refractivity contribution in [2.45, 2.75) is 11.8 Å². The van der Waals surface area contributed by atoms with Crippen molar-refractivity contribution in [2.75, 3.05) is 11.8 Å². The summed E-state index contributed by atoms with van der Waals surface area (Å²) in [7, 11) is 0. The van der Waals surface area contributed by atoms with Gasteiger partial charge >= 0.3 is 0 Å². The van der Waals surface area contributed by atoms with Crippen LogP contribution in [0.15, 0.2) is 46.9 Å². The molecular weight excluding hydrogens is 381 g/mol. The van der Waals surface area contributed by atoms with Crippen LogP contribution in [0.4, 0.5) is 8.78 Å². The summed E-state index contributed by atoms with van der Waals surface area (Å²) in [5.74, 6) is -0.682. The van der Waals surface area contributed by atoms with E-state index in [2.05, 4.69) is 15.9 Å². The van der Waals surface area contributed by atoms with E-state index in [4.69, 9.17) is 23.2 Å². The highest BCUT2D eigenvalue weighted by Crippen LogP contribution is 2.33. The van der Waals surface area contributed by atoms with Crippen molar-refractivity contribution in [1.82, 2.24) is 0 Å². The first kappa shape index (κ1) is 16.7.